The molecule has 3 atom stereocenters. The Labute approximate surface area is 209 Å². The van der Waals surface area contributed by atoms with E-state index in [0.717, 1.165) is 41.7 Å². The van der Waals surface area contributed by atoms with Crippen LogP contribution in [0.1, 0.15) is 30.9 Å². The summed E-state index contributed by atoms with van der Waals surface area (Å²) in [5.74, 6) is 0.654. The summed E-state index contributed by atoms with van der Waals surface area (Å²) in [5, 5.41) is 6.52. The van der Waals surface area contributed by atoms with Gasteiger partial charge in [-0.05, 0) is 80.0 Å². The molecular formula is C29H28BrN3O. The van der Waals surface area contributed by atoms with Crippen LogP contribution in [-0.4, -0.2) is 24.2 Å². The second-order valence-corrected chi connectivity index (χ2v) is 10.8. The molecule has 3 aliphatic rings. The maximum atomic E-state index is 14.3. The number of hydrogen-bond donors (Lipinski definition) is 0. The number of rotatable bonds is 3. The molecule has 0 N–H and O–H groups in total. The van der Waals surface area contributed by atoms with Gasteiger partial charge in [0.2, 0.25) is 0 Å². The van der Waals surface area contributed by atoms with E-state index < -0.39 is 5.41 Å². The molecule has 0 saturated carbocycles. The first-order chi connectivity index (χ1) is 16.6. The average molecular weight is 514 g/mol. The average Bonchev–Trinajstić information content (AvgIpc) is 3.11. The molecule has 3 aromatic carbocycles. The van der Waals surface area contributed by atoms with Crippen molar-refractivity contribution in [3.8, 4) is 0 Å². The lowest BCUT2D eigenvalue weighted by molar-refractivity contribution is -0.125. The molecule has 6 rings (SSSR count). The van der Waals surface area contributed by atoms with Crippen LogP contribution in [0.3, 0.4) is 0 Å². The maximum Gasteiger partial charge on any atom is 0.261 e. The molecule has 1 fully saturated rings. The van der Waals surface area contributed by atoms with Gasteiger partial charge in [0, 0.05) is 22.7 Å². The molecule has 172 valence electrons. The second-order valence-electron chi connectivity index (χ2n) is 9.85. The molecule has 0 aliphatic carbocycles. The number of fused-ring (bicyclic) bond motifs is 4. The number of anilines is 2. The third-order valence-electron chi connectivity index (χ3n) is 7.94. The highest BCUT2D eigenvalue weighted by atomic mass is 79.9. The predicted molar refractivity (Wildman–Crippen MR) is 141 cm³/mol. The molecule has 0 unspecified atom stereocenters. The Kier molecular flexibility index (Phi) is 5.33. The van der Waals surface area contributed by atoms with Crippen LogP contribution in [0, 0.1) is 11.3 Å². The van der Waals surface area contributed by atoms with E-state index in [4.69, 9.17) is 5.10 Å². The first kappa shape index (κ1) is 21.6. The maximum absolute atomic E-state index is 14.3. The highest BCUT2D eigenvalue weighted by Crippen LogP contribution is 2.51. The summed E-state index contributed by atoms with van der Waals surface area (Å²) in [6.45, 7) is 3.02. The van der Waals surface area contributed by atoms with Gasteiger partial charge in [-0.3, -0.25) is 4.79 Å². The van der Waals surface area contributed by atoms with Gasteiger partial charge in [-0.25, -0.2) is 0 Å². The minimum atomic E-state index is -0.640. The Bertz CT molecular complexity index is 1260. The van der Waals surface area contributed by atoms with Crippen molar-refractivity contribution >= 4 is 38.9 Å². The van der Waals surface area contributed by atoms with Crippen molar-refractivity contribution in [2.24, 2.45) is 16.4 Å². The highest BCUT2D eigenvalue weighted by Gasteiger charge is 2.59. The standard InChI is InChI=1S/C29H28BrN3O/c1-20-29(28(34)33(31-20)25-10-6-3-7-11-25)19-23-18-24(30)12-13-26(23)32-15-14-22(17-27(29)32)16-21-8-4-2-5-9-21/h2-13,18,22,27H,14-17,19H2,1H3/t22-,27+,29-/m0/s1. The third-order valence-corrected chi connectivity index (χ3v) is 8.43. The minimum Gasteiger partial charge on any atom is -0.367 e. The molecule has 4 nitrogen and oxygen atoms in total. The number of para-hydroxylation sites is 1. The fourth-order valence-electron chi connectivity index (χ4n) is 6.28. The molecule has 0 aromatic heterocycles. The fourth-order valence-corrected chi connectivity index (χ4v) is 6.69. The van der Waals surface area contributed by atoms with E-state index in [9.17, 15) is 4.79 Å². The lowest BCUT2D eigenvalue weighted by Gasteiger charge is -2.52. The molecular weight excluding hydrogens is 486 g/mol. The van der Waals surface area contributed by atoms with Crippen molar-refractivity contribution in [2.45, 2.75) is 38.6 Å². The zero-order chi connectivity index (χ0) is 23.3. The first-order valence-corrected chi connectivity index (χ1v) is 12.9. The summed E-state index contributed by atoms with van der Waals surface area (Å²) in [6.07, 6.45) is 3.87. The topological polar surface area (TPSA) is 35.9 Å². The van der Waals surface area contributed by atoms with E-state index in [2.05, 4.69) is 76.3 Å². The summed E-state index contributed by atoms with van der Waals surface area (Å²) in [7, 11) is 0. The highest BCUT2D eigenvalue weighted by molar-refractivity contribution is 9.10. The molecule has 3 aliphatic heterocycles. The number of benzene rings is 3. The fraction of sp³-hybridized carbons (Fsp3) is 0.310. The van der Waals surface area contributed by atoms with Crippen molar-refractivity contribution < 1.29 is 4.79 Å². The predicted octanol–water partition coefficient (Wildman–Crippen LogP) is 6.24. The lowest BCUT2D eigenvalue weighted by Crippen LogP contribution is -2.62. The van der Waals surface area contributed by atoms with E-state index in [1.165, 1.54) is 16.8 Å². The van der Waals surface area contributed by atoms with Crippen molar-refractivity contribution in [1.82, 2.24) is 0 Å². The van der Waals surface area contributed by atoms with Gasteiger partial charge in [0.15, 0.2) is 0 Å². The number of halogens is 1. The summed E-state index contributed by atoms with van der Waals surface area (Å²) >= 11 is 3.66. The van der Waals surface area contributed by atoms with Crippen molar-refractivity contribution in [1.29, 1.82) is 0 Å². The van der Waals surface area contributed by atoms with Crippen molar-refractivity contribution in [3.05, 3.63) is 94.5 Å². The van der Waals surface area contributed by atoms with E-state index in [-0.39, 0.29) is 11.9 Å². The van der Waals surface area contributed by atoms with Crippen LogP contribution in [0.15, 0.2) is 88.4 Å². The van der Waals surface area contributed by atoms with Crippen LogP contribution in [-0.2, 0) is 17.6 Å². The molecule has 3 aromatic rings. The zero-order valence-electron chi connectivity index (χ0n) is 19.3. The van der Waals surface area contributed by atoms with Gasteiger partial charge in [-0.15, -0.1) is 0 Å². The molecule has 5 heteroatoms. The summed E-state index contributed by atoms with van der Waals surface area (Å²) in [6, 6.07) is 27.2. The first-order valence-electron chi connectivity index (χ1n) is 12.1. The van der Waals surface area contributed by atoms with Gasteiger partial charge in [-0.2, -0.15) is 10.1 Å². The Morgan fingerprint density at radius 2 is 1.76 bits per heavy atom. The van der Waals surface area contributed by atoms with Gasteiger partial charge in [0.1, 0.15) is 5.41 Å². The Morgan fingerprint density at radius 1 is 1.03 bits per heavy atom. The van der Waals surface area contributed by atoms with E-state index in [1.54, 1.807) is 5.01 Å². The SMILES string of the molecule is CC1=NN(c2ccccc2)C(=O)[C@@]12Cc1cc(Br)ccc1N1CC[C@@H](Cc3ccccc3)C[C@@H]12. The molecule has 0 bridgehead atoms. The van der Waals surface area contributed by atoms with Crippen LogP contribution in [0.2, 0.25) is 0 Å². The van der Waals surface area contributed by atoms with Crippen molar-refractivity contribution in [3.63, 3.8) is 0 Å². The minimum absolute atomic E-state index is 0.105. The number of carbonyl (C=O) groups is 1. The number of carbonyl (C=O) groups excluding carboxylic acids is 1. The summed E-state index contributed by atoms with van der Waals surface area (Å²) < 4.78 is 1.05. The Hall–Kier alpha value is -2.92. The lowest BCUT2D eigenvalue weighted by atomic mass is 9.64. The van der Waals surface area contributed by atoms with Gasteiger partial charge in [0.25, 0.3) is 5.91 Å². The molecule has 0 radical (unpaired) electrons. The monoisotopic (exact) mass is 513 g/mol. The van der Waals surface area contributed by atoms with Crippen LogP contribution in [0.4, 0.5) is 11.4 Å². The number of nitrogens with zero attached hydrogens (tertiary/aromatic N) is 3. The smallest absolute Gasteiger partial charge is 0.261 e. The summed E-state index contributed by atoms with van der Waals surface area (Å²) in [4.78, 5) is 16.8. The van der Waals surface area contributed by atoms with E-state index >= 15 is 0 Å². The van der Waals surface area contributed by atoms with Gasteiger partial charge >= 0.3 is 0 Å². The van der Waals surface area contributed by atoms with E-state index in [0.29, 0.717) is 12.3 Å². The molecule has 1 spiro atoms. The van der Waals surface area contributed by atoms with Gasteiger partial charge < -0.3 is 4.90 Å². The molecule has 3 heterocycles. The summed E-state index contributed by atoms with van der Waals surface area (Å²) in [5.41, 5.74) is 5.01. The molecule has 1 amide bonds. The number of piperidine rings is 1. The normalized spacial score (nSPS) is 25.8. The number of amides is 1. The molecule has 34 heavy (non-hydrogen) atoms. The second kappa shape index (κ2) is 8.38. The van der Waals surface area contributed by atoms with Crippen molar-refractivity contribution in [2.75, 3.05) is 16.5 Å². The van der Waals surface area contributed by atoms with Gasteiger partial charge in [-0.1, -0.05) is 64.5 Å². The third kappa shape index (κ3) is 3.40. The van der Waals surface area contributed by atoms with Gasteiger partial charge in [0.05, 0.1) is 11.4 Å². The number of hydrogen-bond acceptors (Lipinski definition) is 3. The quantitative estimate of drug-likeness (QED) is 0.415. The Morgan fingerprint density at radius 3 is 2.53 bits per heavy atom. The zero-order valence-corrected chi connectivity index (χ0v) is 20.9. The van der Waals surface area contributed by atoms with Crippen LogP contribution in [0.25, 0.3) is 0 Å². The largest absolute Gasteiger partial charge is 0.367 e. The van der Waals surface area contributed by atoms with Crippen LogP contribution < -0.4 is 9.91 Å². The number of hydrazone groups is 1. The molecule has 1 saturated heterocycles. The van der Waals surface area contributed by atoms with E-state index in [1.807, 2.05) is 30.3 Å². The van der Waals surface area contributed by atoms with Crippen LogP contribution in [0.5, 0.6) is 0 Å². The van der Waals surface area contributed by atoms with Crippen LogP contribution >= 0.6 is 15.9 Å². The Balaban J connectivity index is 1.41.